The Kier molecular flexibility index (Phi) is 6.59. The van der Waals surface area contributed by atoms with Crippen molar-refractivity contribution < 1.29 is 4.74 Å². The Morgan fingerprint density at radius 1 is 0.962 bits per heavy atom. The number of pyridine rings is 2. The molecule has 2 heterocycles. The number of rotatable bonds is 9. The molecule has 0 aliphatic heterocycles. The van der Waals surface area contributed by atoms with Gasteiger partial charge in [-0.2, -0.15) is 0 Å². The first kappa shape index (κ1) is 17.9. The van der Waals surface area contributed by atoms with Crippen LogP contribution >= 0.6 is 0 Å². The molecule has 0 fully saturated rings. The molecule has 3 aromatic rings. The SMILES string of the molecule is CCCCc1ccc(OCCN(c2cccnc2)c2ccccn2)cc1. The summed E-state index contributed by atoms with van der Waals surface area (Å²) in [5.74, 6) is 1.79. The van der Waals surface area contributed by atoms with Gasteiger partial charge in [-0.05, 0) is 54.8 Å². The highest BCUT2D eigenvalue weighted by Crippen LogP contribution is 2.22. The topological polar surface area (TPSA) is 38.2 Å². The number of benzene rings is 1. The van der Waals surface area contributed by atoms with Crippen LogP contribution in [0.25, 0.3) is 0 Å². The molecule has 0 N–H and O–H groups in total. The number of hydrogen-bond acceptors (Lipinski definition) is 4. The largest absolute Gasteiger partial charge is 0.492 e. The molecule has 0 aliphatic carbocycles. The zero-order valence-corrected chi connectivity index (χ0v) is 15.2. The van der Waals surface area contributed by atoms with Crippen molar-refractivity contribution in [2.45, 2.75) is 26.2 Å². The predicted molar refractivity (Wildman–Crippen MR) is 106 cm³/mol. The summed E-state index contributed by atoms with van der Waals surface area (Å²) in [4.78, 5) is 10.8. The highest BCUT2D eigenvalue weighted by Gasteiger charge is 2.10. The van der Waals surface area contributed by atoms with Crippen LogP contribution in [-0.4, -0.2) is 23.1 Å². The minimum atomic E-state index is 0.569. The lowest BCUT2D eigenvalue weighted by atomic mass is 10.1. The van der Waals surface area contributed by atoms with Crippen molar-refractivity contribution in [1.29, 1.82) is 0 Å². The Labute approximate surface area is 155 Å². The fraction of sp³-hybridized carbons (Fsp3) is 0.273. The average Bonchev–Trinajstić information content (AvgIpc) is 2.72. The fourth-order valence-electron chi connectivity index (χ4n) is 2.79. The van der Waals surface area contributed by atoms with Gasteiger partial charge in [0.15, 0.2) is 0 Å². The van der Waals surface area contributed by atoms with Crippen LogP contribution in [0, 0.1) is 0 Å². The summed E-state index contributed by atoms with van der Waals surface area (Å²) < 4.78 is 5.95. The predicted octanol–water partition coefficient (Wildman–Crippen LogP) is 5.04. The first-order chi connectivity index (χ1) is 12.9. The minimum Gasteiger partial charge on any atom is -0.492 e. The van der Waals surface area contributed by atoms with E-state index in [9.17, 15) is 0 Å². The van der Waals surface area contributed by atoms with Crippen LogP contribution in [0.2, 0.25) is 0 Å². The summed E-state index contributed by atoms with van der Waals surface area (Å²) in [6.07, 6.45) is 8.99. The Morgan fingerprint density at radius 3 is 2.54 bits per heavy atom. The zero-order valence-electron chi connectivity index (χ0n) is 15.2. The quantitative estimate of drug-likeness (QED) is 0.544. The molecule has 3 rings (SSSR count). The summed E-state index contributed by atoms with van der Waals surface area (Å²) in [5.41, 5.74) is 2.37. The molecule has 0 atom stereocenters. The van der Waals surface area contributed by atoms with E-state index in [-0.39, 0.29) is 0 Å². The highest BCUT2D eigenvalue weighted by atomic mass is 16.5. The van der Waals surface area contributed by atoms with Crippen molar-refractivity contribution in [3.63, 3.8) is 0 Å². The van der Waals surface area contributed by atoms with Gasteiger partial charge in [-0.15, -0.1) is 0 Å². The molecule has 0 amide bonds. The molecule has 2 aromatic heterocycles. The molecule has 0 aliphatic rings. The maximum Gasteiger partial charge on any atom is 0.133 e. The summed E-state index contributed by atoms with van der Waals surface area (Å²) in [5, 5.41) is 0. The Balaban J connectivity index is 1.61. The summed E-state index contributed by atoms with van der Waals surface area (Å²) in [6, 6.07) is 18.3. The molecule has 0 saturated heterocycles. The Morgan fingerprint density at radius 2 is 1.85 bits per heavy atom. The number of ether oxygens (including phenoxy) is 1. The average molecular weight is 347 g/mol. The molecular weight excluding hydrogens is 322 g/mol. The Bertz CT molecular complexity index is 721. The van der Waals surface area contributed by atoms with Gasteiger partial charge in [-0.25, -0.2) is 4.98 Å². The van der Waals surface area contributed by atoms with Gasteiger partial charge >= 0.3 is 0 Å². The van der Waals surface area contributed by atoms with E-state index in [0.717, 1.165) is 23.7 Å². The van der Waals surface area contributed by atoms with E-state index < -0.39 is 0 Å². The molecule has 134 valence electrons. The number of aryl methyl sites for hydroxylation is 1. The molecule has 4 nitrogen and oxygen atoms in total. The van der Waals surface area contributed by atoms with Gasteiger partial charge in [-0.1, -0.05) is 31.5 Å². The molecule has 4 heteroatoms. The van der Waals surface area contributed by atoms with Gasteiger partial charge in [0, 0.05) is 12.4 Å². The fourth-order valence-corrected chi connectivity index (χ4v) is 2.79. The number of nitrogens with zero attached hydrogens (tertiary/aromatic N) is 3. The smallest absolute Gasteiger partial charge is 0.133 e. The van der Waals surface area contributed by atoms with Crippen molar-refractivity contribution in [2.75, 3.05) is 18.1 Å². The van der Waals surface area contributed by atoms with E-state index in [1.165, 1.54) is 18.4 Å². The number of aromatic nitrogens is 2. The highest BCUT2D eigenvalue weighted by molar-refractivity contribution is 5.58. The lowest BCUT2D eigenvalue weighted by molar-refractivity contribution is 0.327. The van der Waals surface area contributed by atoms with Gasteiger partial charge in [0.2, 0.25) is 0 Å². The molecule has 1 aromatic carbocycles. The van der Waals surface area contributed by atoms with E-state index in [1.54, 1.807) is 12.4 Å². The van der Waals surface area contributed by atoms with Gasteiger partial charge in [0.05, 0.1) is 18.4 Å². The zero-order chi connectivity index (χ0) is 18.0. The number of unbranched alkanes of at least 4 members (excludes halogenated alkanes) is 1. The van der Waals surface area contributed by atoms with Crippen LogP contribution in [0.5, 0.6) is 5.75 Å². The molecule has 0 radical (unpaired) electrons. The van der Waals surface area contributed by atoms with E-state index in [1.807, 2.05) is 36.5 Å². The van der Waals surface area contributed by atoms with E-state index in [0.29, 0.717) is 13.2 Å². The number of anilines is 2. The standard InChI is InChI=1S/C22H25N3O/c1-2-3-7-19-10-12-21(13-11-19)26-17-16-25(20-8-6-14-23-18-20)22-9-4-5-15-24-22/h4-6,8-15,18H,2-3,7,16-17H2,1H3. The third-order valence-corrected chi connectivity index (χ3v) is 4.21. The maximum atomic E-state index is 5.95. The first-order valence-electron chi connectivity index (χ1n) is 9.17. The minimum absolute atomic E-state index is 0.569. The number of hydrogen-bond donors (Lipinski definition) is 0. The second kappa shape index (κ2) is 9.56. The van der Waals surface area contributed by atoms with Crippen LogP contribution in [-0.2, 0) is 6.42 Å². The van der Waals surface area contributed by atoms with E-state index >= 15 is 0 Å². The molecule has 0 saturated carbocycles. The van der Waals surface area contributed by atoms with Gasteiger partial charge in [-0.3, -0.25) is 4.98 Å². The summed E-state index contributed by atoms with van der Waals surface area (Å²) >= 11 is 0. The summed E-state index contributed by atoms with van der Waals surface area (Å²) in [7, 11) is 0. The van der Waals surface area contributed by atoms with Crippen LogP contribution in [0.3, 0.4) is 0 Å². The summed E-state index contributed by atoms with van der Waals surface area (Å²) in [6.45, 7) is 3.48. The van der Waals surface area contributed by atoms with E-state index in [2.05, 4.69) is 46.1 Å². The molecule has 26 heavy (non-hydrogen) atoms. The Hall–Kier alpha value is -2.88. The molecular formula is C22H25N3O. The van der Waals surface area contributed by atoms with Crippen LogP contribution in [0.1, 0.15) is 25.3 Å². The van der Waals surface area contributed by atoms with Crippen molar-refractivity contribution >= 4 is 11.5 Å². The first-order valence-corrected chi connectivity index (χ1v) is 9.17. The van der Waals surface area contributed by atoms with Crippen molar-refractivity contribution in [2.24, 2.45) is 0 Å². The molecule has 0 bridgehead atoms. The lowest BCUT2D eigenvalue weighted by Crippen LogP contribution is -2.24. The normalized spacial score (nSPS) is 10.5. The maximum absolute atomic E-state index is 5.95. The molecule has 0 spiro atoms. The van der Waals surface area contributed by atoms with Crippen molar-refractivity contribution in [1.82, 2.24) is 9.97 Å². The monoisotopic (exact) mass is 347 g/mol. The van der Waals surface area contributed by atoms with Crippen molar-refractivity contribution in [3.05, 3.63) is 78.8 Å². The van der Waals surface area contributed by atoms with Crippen molar-refractivity contribution in [3.8, 4) is 5.75 Å². The van der Waals surface area contributed by atoms with Crippen LogP contribution in [0.4, 0.5) is 11.5 Å². The van der Waals surface area contributed by atoms with Gasteiger partial charge in [0.1, 0.15) is 18.2 Å². The van der Waals surface area contributed by atoms with E-state index in [4.69, 9.17) is 4.74 Å². The molecule has 0 unspecified atom stereocenters. The van der Waals surface area contributed by atoms with Gasteiger partial charge in [0.25, 0.3) is 0 Å². The van der Waals surface area contributed by atoms with Crippen LogP contribution < -0.4 is 9.64 Å². The van der Waals surface area contributed by atoms with Gasteiger partial charge < -0.3 is 9.64 Å². The second-order valence-corrected chi connectivity index (χ2v) is 6.15. The third kappa shape index (κ3) is 5.06. The second-order valence-electron chi connectivity index (χ2n) is 6.15. The lowest BCUT2D eigenvalue weighted by Gasteiger charge is -2.23. The third-order valence-electron chi connectivity index (χ3n) is 4.21. The van der Waals surface area contributed by atoms with Crippen LogP contribution in [0.15, 0.2) is 73.2 Å².